The highest BCUT2D eigenvalue weighted by atomic mass is 35.5. The second kappa shape index (κ2) is 9.99. The van der Waals surface area contributed by atoms with Crippen LogP contribution in [-0.2, 0) is 16.2 Å². The van der Waals surface area contributed by atoms with E-state index in [2.05, 4.69) is 4.98 Å². The van der Waals surface area contributed by atoms with Crippen LogP contribution in [0.2, 0.25) is 5.02 Å². The molecule has 2 aliphatic rings. The standard InChI is InChI=1S/C27H18ClN3O6S2/c28-15-6-4-5-14(11-15)13-37-19-10-9-17(31(35)36)12-18(19)20-21-23(38-24-22(20)39-27(34)29-24)26(33)30(25(21)32)16-7-2-1-3-8-16/h1-12,20-21,23H,13H2,(H,29,34). The number of amides is 2. The second-order valence-electron chi connectivity index (χ2n) is 9.00. The number of aromatic nitrogens is 1. The summed E-state index contributed by atoms with van der Waals surface area (Å²) in [5, 5.41) is 11.9. The molecular formula is C27H18ClN3O6S2. The molecule has 39 heavy (non-hydrogen) atoms. The van der Waals surface area contributed by atoms with Crippen molar-refractivity contribution in [3.05, 3.63) is 114 Å². The number of H-pyrrole nitrogens is 1. The van der Waals surface area contributed by atoms with E-state index in [9.17, 15) is 24.5 Å². The third kappa shape index (κ3) is 4.52. The first-order valence-corrected chi connectivity index (χ1v) is 13.9. The molecule has 2 amide bonds. The maximum Gasteiger partial charge on any atom is 0.305 e. The zero-order valence-corrected chi connectivity index (χ0v) is 22.3. The van der Waals surface area contributed by atoms with Crippen LogP contribution in [0.4, 0.5) is 11.4 Å². The molecule has 12 heteroatoms. The van der Waals surface area contributed by atoms with Crippen molar-refractivity contribution in [3.8, 4) is 5.75 Å². The fourth-order valence-corrected chi connectivity index (χ4v) is 7.71. The maximum atomic E-state index is 13.9. The van der Waals surface area contributed by atoms with Crippen molar-refractivity contribution >= 4 is 57.9 Å². The minimum absolute atomic E-state index is 0.111. The largest absolute Gasteiger partial charge is 0.489 e. The molecule has 4 aromatic rings. The number of fused-ring (bicyclic) bond motifs is 2. The van der Waals surface area contributed by atoms with Crippen LogP contribution in [0.1, 0.15) is 21.9 Å². The van der Waals surface area contributed by atoms with Crippen LogP contribution < -0.4 is 14.5 Å². The van der Waals surface area contributed by atoms with E-state index in [1.807, 2.05) is 6.07 Å². The number of aromatic amines is 1. The summed E-state index contributed by atoms with van der Waals surface area (Å²) in [5.74, 6) is -2.27. The summed E-state index contributed by atoms with van der Waals surface area (Å²) in [4.78, 5) is 55.3. The van der Waals surface area contributed by atoms with Gasteiger partial charge in [0.1, 0.15) is 17.6 Å². The average Bonchev–Trinajstić information content (AvgIpc) is 3.42. The lowest BCUT2D eigenvalue weighted by atomic mass is 9.82. The van der Waals surface area contributed by atoms with E-state index < -0.39 is 33.8 Å². The van der Waals surface area contributed by atoms with Crippen molar-refractivity contribution in [1.82, 2.24) is 4.98 Å². The number of carbonyl (C=O) groups excluding carboxylic acids is 2. The third-order valence-corrected chi connectivity index (χ3v) is 9.30. The molecular weight excluding hydrogens is 562 g/mol. The summed E-state index contributed by atoms with van der Waals surface area (Å²) in [5.41, 5.74) is 1.37. The van der Waals surface area contributed by atoms with Crippen molar-refractivity contribution in [2.75, 3.05) is 4.90 Å². The number of nitrogens with one attached hydrogen (secondary N) is 1. The summed E-state index contributed by atoms with van der Waals surface area (Å²) in [6.07, 6.45) is 0. The minimum atomic E-state index is -0.905. The number of nitro groups is 1. The molecule has 1 fully saturated rings. The molecule has 0 saturated carbocycles. The number of hydrogen-bond donors (Lipinski definition) is 1. The Morgan fingerprint density at radius 3 is 2.54 bits per heavy atom. The van der Waals surface area contributed by atoms with Gasteiger partial charge in [-0.05, 0) is 35.9 Å². The molecule has 1 N–H and O–H groups in total. The summed E-state index contributed by atoms with van der Waals surface area (Å²) in [7, 11) is 0. The first-order valence-electron chi connectivity index (χ1n) is 11.8. The number of anilines is 1. The lowest BCUT2D eigenvalue weighted by Gasteiger charge is -2.30. The van der Waals surface area contributed by atoms with Crippen molar-refractivity contribution in [2.24, 2.45) is 5.92 Å². The Bertz CT molecular complexity index is 1690. The molecule has 9 nitrogen and oxygen atoms in total. The van der Waals surface area contributed by atoms with Gasteiger partial charge in [0.2, 0.25) is 11.8 Å². The van der Waals surface area contributed by atoms with Crippen molar-refractivity contribution < 1.29 is 19.2 Å². The van der Waals surface area contributed by atoms with Crippen molar-refractivity contribution in [2.45, 2.75) is 22.8 Å². The van der Waals surface area contributed by atoms with E-state index in [1.54, 1.807) is 48.5 Å². The molecule has 0 aliphatic carbocycles. The molecule has 0 bridgehead atoms. The van der Waals surface area contributed by atoms with E-state index in [1.165, 1.54) is 18.2 Å². The van der Waals surface area contributed by atoms with Gasteiger partial charge in [0.05, 0.1) is 21.6 Å². The second-order valence-corrected chi connectivity index (χ2v) is 11.6. The zero-order chi connectivity index (χ0) is 27.3. The third-order valence-electron chi connectivity index (χ3n) is 6.66. The molecule has 2 aliphatic heterocycles. The summed E-state index contributed by atoms with van der Waals surface area (Å²) in [6.45, 7) is 0.111. The molecule has 3 aromatic carbocycles. The molecule has 1 saturated heterocycles. The van der Waals surface area contributed by atoms with Crippen LogP contribution in [0.3, 0.4) is 0 Å². The maximum absolute atomic E-state index is 13.9. The number of carbonyl (C=O) groups is 2. The molecule has 0 radical (unpaired) electrons. The first-order chi connectivity index (χ1) is 18.8. The van der Waals surface area contributed by atoms with E-state index in [4.69, 9.17) is 16.3 Å². The topological polar surface area (TPSA) is 123 Å². The molecule has 3 atom stereocenters. The normalized spacial score (nSPS) is 20.0. The molecule has 0 spiro atoms. The Morgan fingerprint density at radius 2 is 1.79 bits per heavy atom. The van der Waals surface area contributed by atoms with Crippen LogP contribution in [0.15, 0.2) is 82.6 Å². The van der Waals surface area contributed by atoms with Gasteiger partial charge in [0, 0.05) is 33.5 Å². The van der Waals surface area contributed by atoms with Gasteiger partial charge in [-0.1, -0.05) is 65.0 Å². The molecule has 196 valence electrons. The van der Waals surface area contributed by atoms with Crippen LogP contribution in [0, 0.1) is 16.0 Å². The van der Waals surface area contributed by atoms with E-state index >= 15 is 0 Å². The number of ether oxygens (including phenoxy) is 1. The lowest BCUT2D eigenvalue weighted by Crippen LogP contribution is -2.32. The van der Waals surface area contributed by atoms with Crippen molar-refractivity contribution in [1.29, 1.82) is 0 Å². The Morgan fingerprint density at radius 1 is 1.00 bits per heavy atom. The molecule has 3 unspecified atom stereocenters. The summed E-state index contributed by atoms with van der Waals surface area (Å²) in [6, 6.07) is 19.9. The van der Waals surface area contributed by atoms with Crippen LogP contribution in [0.5, 0.6) is 5.75 Å². The van der Waals surface area contributed by atoms with E-state index in [0.717, 1.165) is 33.6 Å². The lowest BCUT2D eigenvalue weighted by molar-refractivity contribution is -0.385. The number of para-hydroxylation sites is 1. The Kier molecular flexibility index (Phi) is 6.49. The van der Waals surface area contributed by atoms with Gasteiger partial charge in [0.25, 0.3) is 5.69 Å². The Balaban J connectivity index is 1.48. The van der Waals surface area contributed by atoms with Crippen LogP contribution in [-0.4, -0.2) is 27.0 Å². The van der Waals surface area contributed by atoms with E-state index in [-0.39, 0.29) is 17.2 Å². The zero-order valence-electron chi connectivity index (χ0n) is 19.9. The number of benzene rings is 3. The smallest absolute Gasteiger partial charge is 0.305 e. The number of nitro benzene ring substituents is 1. The minimum Gasteiger partial charge on any atom is -0.489 e. The monoisotopic (exact) mass is 579 g/mol. The highest BCUT2D eigenvalue weighted by molar-refractivity contribution is 8.00. The number of thiazole rings is 1. The number of hydrogen-bond acceptors (Lipinski definition) is 8. The van der Waals surface area contributed by atoms with Gasteiger partial charge in [-0.2, -0.15) is 0 Å². The van der Waals surface area contributed by atoms with Crippen LogP contribution in [0.25, 0.3) is 0 Å². The van der Waals surface area contributed by atoms with Gasteiger partial charge >= 0.3 is 4.87 Å². The number of thioether (sulfide) groups is 1. The summed E-state index contributed by atoms with van der Waals surface area (Å²) < 4.78 is 6.13. The highest BCUT2D eigenvalue weighted by Gasteiger charge is 2.57. The van der Waals surface area contributed by atoms with E-state index in [0.29, 0.717) is 31.9 Å². The molecule has 6 rings (SSSR count). The fraction of sp³-hybridized carbons (Fsp3) is 0.148. The number of imide groups is 1. The quantitative estimate of drug-likeness (QED) is 0.185. The van der Waals surface area contributed by atoms with Gasteiger partial charge in [0.15, 0.2) is 0 Å². The first kappa shape index (κ1) is 25.4. The highest BCUT2D eigenvalue weighted by Crippen LogP contribution is 2.55. The Labute approximate surface area is 234 Å². The van der Waals surface area contributed by atoms with Crippen molar-refractivity contribution in [3.63, 3.8) is 0 Å². The molecule has 3 heterocycles. The number of nitrogens with zero attached hydrogens (tertiary/aromatic N) is 2. The number of rotatable bonds is 6. The van der Waals surface area contributed by atoms with Crippen LogP contribution >= 0.6 is 34.7 Å². The van der Waals surface area contributed by atoms with Gasteiger partial charge in [-0.15, -0.1) is 0 Å². The summed E-state index contributed by atoms with van der Waals surface area (Å²) >= 11 is 8.17. The average molecular weight is 580 g/mol. The fourth-order valence-electron chi connectivity index (χ4n) is 5.00. The predicted octanol–water partition coefficient (Wildman–Crippen LogP) is 5.37. The number of non-ortho nitro benzene ring substituents is 1. The van der Waals surface area contributed by atoms with Gasteiger partial charge < -0.3 is 9.72 Å². The SMILES string of the molecule is O=C1C2Sc3[nH]c(=O)sc3C(c3cc([N+](=O)[O-])ccc3OCc3cccc(Cl)c3)C2C(=O)N1c1ccccc1. The number of halogens is 1. The van der Waals surface area contributed by atoms with Gasteiger partial charge in [-0.25, -0.2) is 4.90 Å². The molecule has 1 aromatic heterocycles. The van der Waals surface area contributed by atoms with Gasteiger partial charge in [-0.3, -0.25) is 24.5 Å². The predicted molar refractivity (Wildman–Crippen MR) is 148 cm³/mol. The Hall–Kier alpha value is -3.93.